The van der Waals surface area contributed by atoms with Crippen LogP contribution in [0, 0.1) is 12.3 Å². The molecule has 0 saturated carbocycles. The van der Waals surface area contributed by atoms with Crippen molar-refractivity contribution in [3.63, 3.8) is 0 Å². The first-order valence-corrected chi connectivity index (χ1v) is 4.35. The summed E-state index contributed by atoms with van der Waals surface area (Å²) in [6, 6.07) is 0.302. The second-order valence-electron chi connectivity index (χ2n) is 3.47. The summed E-state index contributed by atoms with van der Waals surface area (Å²) in [6.07, 6.45) is 5.33. The Morgan fingerprint density at radius 3 is 2.58 bits per heavy atom. The van der Waals surface area contributed by atoms with Gasteiger partial charge in [0.05, 0.1) is 12.1 Å². The van der Waals surface area contributed by atoms with Crippen LogP contribution in [-0.4, -0.2) is 24.8 Å². The third kappa shape index (κ3) is 5.17. The number of rotatable bonds is 5. The number of ether oxygens (including phenoxy) is 1. The van der Waals surface area contributed by atoms with Gasteiger partial charge in [-0.3, -0.25) is 5.32 Å². The van der Waals surface area contributed by atoms with Gasteiger partial charge in [-0.25, -0.2) is 0 Å². The van der Waals surface area contributed by atoms with Gasteiger partial charge in [0.25, 0.3) is 0 Å². The van der Waals surface area contributed by atoms with E-state index in [0.717, 1.165) is 6.61 Å². The fourth-order valence-corrected chi connectivity index (χ4v) is 0.994. The van der Waals surface area contributed by atoms with Crippen molar-refractivity contribution >= 4 is 0 Å². The maximum Gasteiger partial charge on any atom is 0.0744 e. The molecule has 0 heterocycles. The van der Waals surface area contributed by atoms with Gasteiger partial charge in [-0.2, -0.15) is 0 Å². The van der Waals surface area contributed by atoms with Gasteiger partial charge in [0.1, 0.15) is 0 Å². The van der Waals surface area contributed by atoms with E-state index in [1.165, 1.54) is 0 Å². The molecule has 0 bridgehead atoms. The highest BCUT2D eigenvalue weighted by atomic mass is 16.5. The first kappa shape index (κ1) is 11.5. The van der Waals surface area contributed by atoms with Crippen LogP contribution in [0.15, 0.2) is 0 Å². The topological polar surface area (TPSA) is 21.3 Å². The first-order valence-electron chi connectivity index (χ1n) is 4.35. The SMILES string of the molecule is C#CC(C)(C)NC(C)COCC. The molecular weight excluding hydrogens is 150 g/mol. The molecule has 0 aliphatic heterocycles. The predicted octanol–water partition coefficient (Wildman–Crippen LogP) is 1.41. The van der Waals surface area contributed by atoms with E-state index >= 15 is 0 Å². The molecule has 0 aromatic carbocycles. The zero-order valence-corrected chi connectivity index (χ0v) is 8.48. The van der Waals surface area contributed by atoms with Gasteiger partial charge < -0.3 is 4.74 Å². The number of terminal acetylenes is 1. The first-order chi connectivity index (χ1) is 5.52. The summed E-state index contributed by atoms with van der Waals surface area (Å²) in [5.41, 5.74) is -0.240. The molecule has 1 atom stereocenters. The van der Waals surface area contributed by atoms with Crippen LogP contribution in [0.2, 0.25) is 0 Å². The molecule has 0 radical (unpaired) electrons. The monoisotopic (exact) mass is 169 g/mol. The summed E-state index contributed by atoms with van der Waals surface area (Å²) in [7, 11) is 0. The highest BCUT2D eigenvalue weighted by Crippen LogP contribution is 2.01. The molecular formula is C10H19NO. The van der Waals surface area contributed by atoms with Crippen molar-refractivity contribution in [3.05, 3.63) is 0 Å². The molecule has 1 N–H and O–H groups in total. The third-order valence-corrected chi connectivity index (χ3v) is 1.54. The number of hydrogen-bond donors (Lipinski definition) is 1. The van der Waals surface area contributed by atoms with Gasteiger partial charge in [-0.15, -0.1) is 6.42 Å². The standard InChI is InChI=1S/C10H19NO/c1-6-10(4,5)11-9(3)8-12-7-2/h1,9,11H,7-8H2,2-5H3. The summed E-state index contributed by atoms with van der Waals surface area (Å²) in [4.78, 5) is 0. The van der Waals surface area contributed by atoms with Crippen molar-refractivity contribution in [1.82, 2.24) is 5.32 Å². The maximum absolute atomic E-state index is 5.33. The normalized spacial score (nSPS) is 13.9. The smallest absolute Gasteiger partial charge is 0.0744 e. The molecule has 70 valence electrons. The van der Waals surface area contributed by atoms with Crippen molar-refractivity contribution < 1.29 is 4.74 Å². The quantitative estimate of drug-likeness (QED) is 0.628. The Balaban J connectivity index is 3.69. The Morgan fingerprint density at radius 1 is 1.58 bits per heavy atom. The van der Waals surface area contributed by atoms with E-state index in [1.54, 1.807) is 0 Å². The summed E-state index contributed by atoms with van der Waals surface area (Å²) in [6.45, 7) is 9.47. The third-order valence-electron chi connectivity index (χ3n) is 1.54. The molecule has 12 heavy (non-hydrogen) atoms. The van der Waals surface area contributed by atoms with Crippen molar-refractivity contribution in [2.24, 2.45) is 0 Å². The van der Waals surface area contributed by atoms with E-state index in [-0.39, 0.29) is 5.54 Å². The minimum Gasteiger partial charge on any atom is -0.380 e. The lowest BCUT2D eigenvalue weighted by atomic mass is 10.1. The van der Waals surface area contributed by atoms with Gasteiger partial charge in [0.2, 0.25) is 0 Å². The van der Waals surface area contributed by atoms with Gasteiger partial charge in [0.15, 0.2) is 0 Å². The predicted molar refractivity (Wildman–Crippen MR) is 52.0 cm³/mol. The Hall–Kier alpha value is -0.520. The fraction of sp³-hybridized carbons (Fsp3) is 0.800. The minimum atomic E-state index is -0.240. The number of nitrogens with one attached hydrogen (secondary N) is 1. The summed E-state index contributed by atoms with van der Waals surface area (Å²) in [5, 5.41) is 3.28. The largest absolute Gasteiger partial charge is 0.380 e. The Morgan fingerprint density at radius 2 is 2.17 bits per heavy atom. The lowest BCUT2D eigenvalue weighted by Crippen LogP contribution is -2.45. The second-order valence-corrected chi connectivity index (χ2v) is 3.47. The van der Waals surface area contributed by atoms with E-state index in [0.29, 0.717) is 12.6 Å². The summed E-state index contributed by atoms with van der Waals surface area (Å²) < 4.78 is 5.25. The van der Waals surface area contributed by atoms with E-state index in [2.05, 4.69) is 18.2 Å². The molecule has 0 aliphatic carbocycles. The Kier molecular flexibility index (Phi) is 4.96. The van der Waals surface area contributed by atoms with Crippen molar-refractivity contribution in [2.45, 2.75) is 39.3 Å². The van der Waals surface area contributed by atoms with Crippen LogP contribution in [0.3, 0.4) is 0 Å². The van der Waals surface area contributed by atoms with Gasteiger partial charge in [0, 0.05) is 12.6 Å². The average Bonchev–Trinajstić information content (AvgIpc) is 2.00. The zero-order valence-electron chi connectivity index (χ0n) is 8.48. The van der Waals surface area contributed by atoms with E-state index in [1.807, 2.05) is 20.8 Å². The van der Waals surface area contributed by atoms with Crippen molar-refractivity contribution in [3.8, 4) is 12.3 Å². The van der Waals surface area contributed by atoms with Gasteiger partial charge in [-0.1, -0.05) is 5.92 Å². The summed E-state index contributed by atoms with van der Waals surface area (Å²) in [5.74, 6) is 2.68. The fourth-order valence-electron chi connectivity index (χ4n) is 0.994. The molecule has 1 unspecified atom stereocenters. The molecule has 0 fully saturated rings. The van der Waals surface area contributed by atoms with E-state index in [9.17, 15) is 0 Å². The van der Waals surface area contributed by atoms with E-state index in [4.69, 9.17) is 11.2 Å². The van der Waals surface area contributed by atoms with Gasteiger partial charge in [-0.05, 0) is 27.7 Å². The van der Waals surface area contributed by atoms with Crippen molar-refractivity contribution in [1.29, 1.82) is 0 Å². The number of hydrogen-bond acceptors (Lipinski definition) is 2. The van der Waals surface area contributed by atoms with Crippen LogP contribution in [-0.2, 0) is 4.74 Å². The Labute approximate surface area is 75.7 Å². The minimum absolute atomic E-state index is 0.240. The highest BCUT2D eigenvalue weighted by Gasteiger charge is 2.15. The van der Waals surface area contributed by atoms with Crippen LogP contribution in [0.4, 0.5) is 0 Å². The van der Waals surface area contributed by atoms with E-state index < -0.39 is 0 Å². The Bertz CT molecular complexity index is 158. The van der Waals surface area contributed by atoms with Crippen LogP contribution in [0.25, 0.3) is 0 Å². The second kappa shape index (κ2) is 5.18. The molecule has 0 aromatic rings. The molecule has 0 saturated heterocycles. The lowest BCUT2D eigenvalue weighted by molar-refractivity contribution is 0.121. The summed E-state index contributed by atoms with van der Waals surface area (Å²) >= 11 is 0. The highest BCUT2D eigenvalue weighted by molar-refractivity contribution is 5.07. The molecule has 0 amide bonds. The zero-order chi connectivity index (χ0) is 9.61. The van der Waals surface area contributed by atoms with Crippen LogP contribution >= 0.6 is 0 Å². The van der Waals surface area contributed by atoms with Crippen LogP contribution in [0.5, 0.6) is 0 Å². The molecule has 2 nitrogen and oxygen atoms in total. The van der Waals surface area contributed by atoms with Crippen molar-refractivity contribution in [2.75, 3.05) is 13.2 Å². The molecule has 0 spiro atoms. The van der Waals surface area contributed by atoms with Gasteiger partial charge >= 0.3 is 0 Å². The molecule has 0 rings (SSSR count). The van der Waals surface area contributed by atoms with Crippen LogP contribution in [0.1, 0.15) is 27.7 Å². The molecule has 2 heteroatoms. The molecule has 0 aliphatic rings. The lowest BCUT2D eigenvalue weighted by Gasteiger charge is -2.24. The van der Waals surface area contributed by atoms with Crippen LogP contribution < -0.4 is 5.32 Å². The maximum atomic E-state index is 5.33. The molecule has 0 aromatic heterocycles. The average molecular weight is 169 g/mol.